The molecule has 3 aliphatic carbocycles. The molecule has 3 fully saturated rings. The fraction of sp³-hybridized carbons (Fsp3) is 0.933. The topological polar surface area (TPSA) is 39.1 Å². The third-order valence-corrected chi connectivity index (χ3v) is 5.22. The third kappa shape index (κ3) is 2.41. The van der Waals surface area contributed by atoms with Crippen molar-refractivity contribution in [1.82, 2.24) is 10.2 Å². The Bertz CT molecular complexity index is 340. The van der Waals surface area contributed by atoms with E-state index in [9.17, 15) is 5.26 Å². The first-order valence-electron chi connectivity index (χ1n) is 7.63. The Morgan fingerprint density at radius 1 is 1.11 bits per heavy atom. The molecule has 0 aromatic rings. The third-order valence-electron chi connectivity index (χ3n) is 5.22. The molecule has 3 rings (SSSR count). The minimum atomic E-state index is -0.220. The Morgan fingerprint density at radius 2 is 1.83 bits per heavy atom. The van der Waals surface area contributed by atoms with Gasteiger partial charge in [0.05, 0.1) is 6.07 Å². The van der Waals surface area contributed by atoms with Crippen molar-refractivity contribution in [3.63, 3.8) is 0 Å². The van der Waals surface area contributed by atoms with Crippen LogP contribution in [-0.2, 0) is 0 Å². The number of nitrogens with zero attached hydrogens (tertiary/aromatic N) is 2. The summed E-state index contributed by atoms with van der Waals surface area (Å²) in [5.41, 5.74) is -0.220. The highest BCUT2D eigenvalue weighted by atomic mass is 15.2. The highest BCUT2D eigenvalue weighted by molar-refractivity contribution is 5.13. The van der Waals surface area contributed by atoms with E-state index in [1.54, 1.807) is 0 Å². The summed E-state index contributed by atoms with van der Waals surface area (Å²) in [6, 6.07) is 4.66. The van der Waals surface area contributed by atoms with Gasteiger partial charge in [-0.1, -0.05) is 6.42 Å². The normalized spacial score (nSPS) is 37.3. The maximum atomic E-state index is 9.60. The molecule has 3 aliphatic rings. The number of nitriles is 1. The monoisotopic (exact) mass is 247 g/mol. The first-order chi connectivity index (χ1) is 8.72. The molecule has 0 aromatic heterocycles. The van der Waals surface area contributed by atoms with Crippen molar-refractivity contribution in [2.24, 2.45) is 0 Å². The summed E-state index contributed by atoms with van der Waals surface area (Å²) < 4.78 is 0. The number of nitrogens with one attached hydrogen (secondary N) is 1. The zero-order valence-electron chi connectivity index (χ0n) is 11.5. The lowest BCUT2D eigenvalue weighted by molar-refractivity contribution is 0.0675. The summed E-state index contributed by atoms with van der Waals surface area (Å²) in [7, 11) is 2.28. The molecule has 0 heterocycles. The van der Waals surface area contributed by atoms with Gasteiger partial charge >= 0.3 is 0 Å². The van der Waals surface area contributed by atoms with E-state index in [1.165, 1.54) is 44.9 Å². The summed E-state index contributed by atoms with van der Waals surface area (Å²) in [6.07, 6.45) is 11.2. The minimum Gasteiger partial charge on any atom is -0.300 e. The zero-order valence-corrected chi connectivity index (χ0v) is 11.5. The van der Waals surface area contributed by atoms with Gasteiger partial charge in [0, 0.05) is 18.1 Å². The van der Waals surface area contributed by atoms with Crippen LogP contribution in [0.3, 0.4) is 0 Å². The highest BCUT2D eigenvalue weighted by Crippen LogP contribution is 2.36. The first-order valence-corrected chi connectivity index (χ1v) is 7.63. The van der Waals surface area contributed by atoms with Gasteiger partial charge in [0.2, 0.25) is 0 Å². The predicted molar refractivity (Wildman–Crippen MR) is 72.2 cm³/mol. The number of rotatable bonds is 4. The molecular weight excluding hydrogens is 222 g/mol. The quantitative estimate of drug-likeness (QED) is 0.829. The SMILES string of the molecule is CN(C1CCC1)C1CCCC(C#N)(NC2CC2)C1. The fourth-order valence-electron chi connectivity index (χ4n) is 3.57. The fourth-order valence-corrected chi connectivity index (χ4v) is 3.57. The summed E-state index contributed by atoms with van der Waals surface area (Å²) in [6.45, 7) is 0. The maximum absolute atomic E-state index is 9.60. The number of hydrogen-bond donors (Lipinski definition) is 1. The largest absolute Gasteiger partial charge is 0.300 e. The van der Waals surface area contributed by atoms with Crippen molar-refractivity contribution in [1.29, 1.82) is 5.26 Å². The molecule has 0 amide bonds. The molecule has 100 valence electrons. The van der Waals surface area contributed by atoms with E-state index in [4.69, 9.17) is 0 Å². The van der Waals surface area contributed by atoms with Crippen LogP contribution in [0.2, 0.25) is 0 Å². The second-order valence-corrected chi connectivity index (χ2v) is 6.61. The molecule has 0 aliphatic heterocycles. The first kappa shape index (κ1) is 12.4. The van der Waals surface area contributed by atoms with Gasteiger partial charge in [0.1, 0.15) is 5.54 Å². The Balaban J connectivity index is 1.63. The van der Waals surface area contributed by atoms with Gasteiger partial charge in [0.25, 0.3) is 0 Å². The van der Waals surface area contributed by atoms with Gasteiger partial charge in [-0.25, -0.2) is 0 Å². The molecule has 0 saturated heterocycles. The summed E-state index contributed by atoms with van der Waals surface area (Å²) in [5, 5.41) is 13.2. The van der Waals surface area contributed by atoms with Crippen LogP contribution >= 0.6 is 0 Å². The lowest BCUT2D eigenvalue weighted by Gasteiger charge is -2.45. The Morgan fingerprint density at radius 3 is 2.39 bits per heavy atom. The van der Waals surface area contributed by atoms with Gasteiger partial charge in [-0.2, -0.15) is 5.26 Å². The molecule has 0 bridgehead atoms. The molecule has 1 N–H and O–H groups in total. The van der Waals surface area contributed by atoms with Crippen molar-refractivity contribution in [2.75, 3.05) is 7.05 Å². The molecule has 3 heteroatoms. The molecule has 0 radical (unpaired) electrons. The van der Waals surface area contributed by atoms with Gasteiger partial charge in [0.15, 0.2) is 0 Å². The Hall–Kier alpha value is -0.590. The second-order valence-electron chi connectivity index (χ2n) is 6.61. The molecule has 18 heavy (non-hydrogen) atoms. The van der Waals surface area contributed by atoms with E-state index in [2.05, 4.69) is 23.3 Å². The van der Waals surface area contributed by atoms with Crippen molar-refractivity contribution < 1.29 is 0 Å². The van der Waals surface area contributed by atoms with Gasteiger partial charge in [-0.3, -0.25) is 5.32 Å². The van der Waals surface area contributed by atoms with Crippen molar-refractivity contribution in [2.45, 2.75) is 81.5 Å². The molecule has 0 spiro atoms. The molecule has 0 aromatic carbocycles. The lowest BCUT2D eigenvalue weighted by atomic mass is 9.78. The van der Waals surface area contributed by atoms with Gasteiger partial charge in [-0.05, 0) is 58.4 Å². The van der Waals surface area contributed by atoms with Gasteiger partial charge < -0.3 is 4.90 Å². The zero-order chi connectivity index (χ0) is 12.6. The predicted octanol–water partition coefficient (Wildman–Crippen LogP) is 2.43. The molecule has 2 atom stereocenters. The van der Waals surface area contributed by atoms with Crippen molar-refractivity contribution in [3.8, 4) is 6.07 Å². The molecule has 2 unspecified atom stereocenters. The molecule has 3 saturated carbocycles. The van der Waals surface area contributed by atoms with Crippen LogP contribution in [0.4, 0.5) is 0 Å². The summed E-state index contributed by atoms with van der Waals surface area (Å²) in [4.78, 5) is 2.57. The van der Waals surface area contributed by atoms with Crippen LogP contribution < -0.4 is 5.32 Å². The molecular formula is C15H25N3. The van der Waals surface area contributed by atoms with E-state index < -0.39 is 0 Å². The van der Waals surface area contributed by atoms with Crippen LogP contribution in [0.25, 0.3) is 0 Å². The van der Waals surface area contributed by atoms with Crippen molar-refractivity contribution >= 4 is 0 Å². The summed E-state index contributed by atoms with van der Waals surface area (Å²) >= 11 is 0. The molecule has 3 nitrogen and oxygen atoms in total. The average molecular weight is 247 g/mol. The maximum Gasteiger partial charge on any atom is 0.108 e. The minimum absolute atomic E-state index is 0.220. The number of hydrogen-bond acceptors (Lipinski definition) is 3. The highest BCUT2D eigenvalue weighted by Gasteiger charge is 2.42. The van der Waals surface area contributed by atoms with E-state index in [1.807, 2.05) is 0 Å². The smallest absolute Gasteiger partial charge is 0.108 e. The van der Waals surface area contributed by atoms with E-state index >= 15 is 0 Å². The van der Waals surface area contributed by atoms with Crippen molar-refractivity contribution in [3.05, 3.63) is 0 Å². The van der Waals surface area contributed by atoms with E-state index in [0.717, 1.165) is 18.9 Å². The summed E-state index contributed by atoms with van der Waals surface area (Å²) in [5.74, 6) is 0. The van der Waals surface area contributed by atoms with Crippen LogP contribution in [0, 0.1) is 11.3 Å². The van der Waals surface area contributed by atoms with Crippen LogP contribution in [0.1, 0.15) is 57.8 Å². The standard InChI is InChI=1S/C15H25N3/c1-18(13-4-2-5-13)14-6-3-9-15(10-14,11-16)17-12-7-8-12/h12-14,17H,2-10H2,1H3. The lowest BCUT2D eigenvalue weighted by Crippen LogP contribution is -2.55. The second kappa shape index (κ2) is 4.83. The van der Waals surface area contributed by atoms with E-state index in [0.29, 0.717) is 12.1 Å². The van der Waals surface area contributed by atoms with Crippen LogP contribution in [0.15, 0.2) is 0 Å². The van der Waals surface area contributed by atoms with E-state index in [-0.39, 0.29) is 5.54 Å². The Kier molecular flexibility index (Phi) is 3.34. The average Bonchev–Trinajstić information content (AvgIpc) is 3.11. The Labute approximate surface area is 111 Å². The van der Waals surface area contributed by atoms with Crippen LogP contribution in [-0.4, -0.2) is 35.6 Å². The van der Waals surface area contributed by atoms with Gasteiger partial charge in [-0.15, -0.1) is 0 Å². The van der Waals surface area contributed by atoms with Crippen LogP contribution in [0.5, 0.6) is 0 Å².